The van der Waals surface area contributed by atoms with Crippen molar-refractivity contribution in [3.8, 4) is 69.6 Å². The number of ether oxygens (including phenoxy) is 6. The van der Waals surface area contributed by atoms with Crippen LogP contribution >= 0.6 is 0 Å². The van der Waals surface area contributed by atoms with Crippen molar-refractivity contribution in [2.45, 2.75) is 139 Å². The second-order valence-electron chi connectivity index (χ2n) is 37.5. The number of likely N-dealkylation sites (tertiary alicyclic amines) is 3. The molecule has 37 heteroatoms. The van der Waals surface area contributed by atoms with Crippen molar-refractivity contribution < 1.29 is 70.7 Å². The van der Waals surface area contributed by atoms with Crippen LogP contribution in [0, 0.1) is 45.8 Å². The van der Waals surface area contributed by atoms with Gasteiger partial charge in [0.25, 0.3) is 5.91 Å². The number of nitrogens with zero attached hydrogens (tertiary/aromatic N) is 18. The van der Waals surface area contributed by atoms with Crippen LogP contribution in [0.1, 0.15) is 82.4 Å². The Kier molecular flexibility index (Phi) is 30.5. The molecule has 11 fully saturated rings. The van der Waals surface area contributed by atoms with Crippen molar-refractivity contribution in [3.63, 3.8) is 0 Å². The number of halogens is 3. The summed E-state index contributed by atoms with van der Waals surface area (Å²) in [6.45, 7) is 22.5. The quantitative estimate of drug-likeness (QED) is 0.0375. The van der Waals surface area contributed by atoms with Crippen LogP contribution in [0.3, 0.4) is 0 Å². The highest BCUT2D eigenvalue weighted by molar-refractivity contribution is 5.91. The summed E-state index contributed by atoms with van der Waals surface area (Å²) < 4.78 is 79.6. The second-order valence-corrected chi connectivity index (χ2v) is 37.5. The van der Waals surface area contributed by atoms with E-state index in [0.717, 1.165) is 135 Å². The fourth-order valence-electron chi connectivity index (χ4n) is 19.6. The normalized spacial score (nSPS) is 23.9. The van der Waals surface area contributed by atoms with Crippen molar-refractivity contribution in [2.24, 2.45) is 11.8 Å². The zero-order chi connectivity index (χ0) is 97.0. The summed E-state index contributed by atoms with van der Waals surface area (Å²) in [5.41, 5.74) is 8.83. The molecule has 9 aromatic rings. The van der Waals surface area contributed by atoms with Crippen molar-refractivity contribution >= 4 is 81.0 Å². The minimum atomic E-state index is -1.46. The lowest BCUT2D eigenvalue weighted by molar-refractivity contribution is -0.146. The zero-order valence-electron chi connectivity index (χ0n) is 78.5. The molecular weight excluding hydrogens is 1790 g/mol. The van der Waals surface area contributed by atoms with E-state index in [4.69, 9.17) is 28.4 Å². The third-order valence-corrected chi connectivity index (χ3v) is 28.1. The summed E-state index contributed by atoms with van der Waals surface area (Å²) >= 11 is 0. The number of ketones is 1. The Balaban J connectivity index is 0.000000139. The summed E-state index contributed by atoms with van der Waals surface area (Å²) in [6.07, 6.45) is -0.896. The molecule has 11 atom stereocenters. The van der Waals surface area contributed by atoms with E-state index in [1.54, 1.807) is 103 Å². The van der Waals surface area contributed by atoms with Crippen LogP contribution in [0.4, 0.5) is 64.7 Å². The lowest BCUT2D eigenvalue weighted by Crippen LogP contribution is -2.56. The van der Waals surface area contributed by atoms with E-state index in [2.05, 4.69) is 135 Å². The van der Waals surface area contributed by atoms with Crippen LogP contribution in [0.5, 0.6) is 17.2 Å². The topological polar surface area (TPSA) is 387 Å². The van der Waals surface area contributed by atoms with Gasteiger partial charge in [0.15, 0.2) is 36.0 Å². The Hall–Kier alpha value is -13.7. The number of Topliss-reactive ketones (excluding diaryl/α,β-unsaturated/α-hetero) is 1. The van der Waals surface area contributed by atoms with Crippen molar-refractivity contribution in [3.05, 3.63) is 181 Å². The third kappa shape index (κ3) is 23.1. The van der Waals surface area contributed by atoms with Gasteiger partial charge in [0.1, 0.15) is 83.1 Å². The lowest BCUT2D eigenvalue weighted by atomic mass is 9.96. The lowest BCUT2D eigenvalue weighted by Gasteiger charge is -2.43. The predicted molar refractivity (Wildman–Crippen MR) is 517 cm³/mol. The minimum absolute atomic E-state index is 0.0855. The zero-order valence-corrected chi connectivity index (χ0v) is 78.5. The summed E-state index contributed by atoms with van der Waals surface area (Å²) in [6, 6.07) is 52.9. The second kappa shape index (κ2) is 44.2. The van der Waals surface area contributed by atoms with Gasteiger partial charge >= 0.3 is 0 Å². The molecule has 3 aromatic heterocycles. The number of alkyl halides is 3. The molecular formula is C103H115F3N22O12. The van der Waals surface area contributed by atoms with Crippen LogP contribution in [0.25, 0.3) is 34.2 Å². The number of benzene rings is 6. The number of nitriles is 3. The molecule has 1 aliphatic carbocycles. The molecule has 10 saturated heterocycles. The molecule has 730 valence electrons. The smallest absolute Gasteiger partial charge is 0.251 e. The van der Waals surface area contributed by atoms with E-state index in [1.165, 1.54) is 33.8 Å². The molecule has 140 heavy (non-hydrogen) atoms. The standard InChI is InChI=1S/C36H40FN7O4.C34H37FN8O4.C33H38FN7O4/c1-23-16-33(31(37)20-44(23)36(46)25-2-8-30(45)18-25)48-32-9-3-24(17-26(32)19-38)35-39-11-10-34(41-35)40-27-4-6-28(7-5-27)42-12-14-43(15-13-42)29-21-47-22-29;35-28-19-43(34(45)24-16-32(44)38-18-24)10-8-30(28)47-29-6-1-22(15-23(29)17-36)33-37-9-7-31(40-33)39-25-2-4-26(5-3-25)41-11-13-42(14-12-41)27-20-46-21-27;1-21-15-30(28(34)18-41(21)33(43)22(2)42)45-29-8-3-23(16-24(29)17-35)32-36-10-9-31(38-32)37-25-4-6-26(7-5-25)39-11-13-40(14-12-39)27-19-44-20-27/h3-7,9-11,17,23,25,29,31,33H,2,8,12-16,18,20-22H2,1H3,(H,39,40,41);1-7,9,15,24,27-28,30H,8,10-14,16,18-21H2,(H,38,44)(H,37,39,40);3-10,16,21-22,27-28,30,42H,11-15,18-20H2,1-2H3,(H,36,37,38)/t23-,25+,31+,33-;24-,28+,30-;21-,22-,28+,30-/m000/s1. The highest BCUT2D eigenvalue weighted by Crippen LogP contribution is 2.38. The number of anilines is 9. The Morgan fingerprint density at radius 1 is 0.457 bits per heavy atom. The van der Waals surface area contributed by atoms with Gasteiger partial charge in [-0.05, 0) is 173 Å². The number of aliphatic hydroxyl groups excluding tert-OH is 1. The van der Waals surface area contributed by atoms with Gasteiger partial charge in [-0.15, -0.1) is 0 Å². The number of nitrogens with one attached hydrogen (secondary N) is 4. The summed E-state index contributed by atoms with van der Waals surface area (Å²) in [4.78, 5) is 107. The number of amides is 4. The number of aliphatic hydroxyl groups is 1. The van der Waals surface area contributed by atoms with Crippen LogP contribution in [-0.4, -0.2) is 318 Å². The first-order valence-electron chi connectivity index (χ1n) is 48.3. The maximum absolute atomic E-state index is 15.4. The van der Waals surface area contributed by atoms with E-state index in [0.29, 0.717) is 89.1 Å². The molecule has 0 spiro atoms. The molecule has 34 nitrogen and oxygen atoms in total. The third-order valence-electron chi connectivity index (χ3n) is 28.1. The van der Waals surface area contributed by atoms with Crippen molar-refractivity contribution in [2.75, 3.05) is 182 Å². The van der Waals surface area contributed by atoms with Crippen molar-refractivity contribution in [1.29, 1.82) is 15.8 Å². The molecule has 6 aromatic carbocycles. The number of aromatic nitrogens is 6. The van der Waals surface area contributed by atoms with Crippen LogP contribution in [0.2, 0.25) is 0 Å². The van der Waals surface area contributed by atoms with Gasteiger partial charge in [0.05, 0.1) is 100 Å². The Labute approximate surface area is 810 Å². The van der Waals surface area contributed by atoms with Crippen molar-refractivity contribution in [1.82, 2.24) is 64.6 Å². The number of hydrogen-bond donors (Lipinski definition) is 5. The van der Waals surface area contributed by atoms with Crippen LogP contribution in [0.15, 0.2) is 164 Å². The minimum Gasteiger partial charge on any atom is -0.486 e. The van der Waals surface area contributed by atoms with Gasteiger partial charge in [0, 0.05) is 218 Å². The van der Waals surface area contributed by atoms with Gasteiger partial charge in [-0.3, -0.25) is 38.7 Å². The first-order valence-corrected chi connectivity index (χ1v) is 48.3. The molecule has 20 rings (SSSR count). The average Bonchev–Trinajstić information content (AvgIpc) is 1.23. The first-order chi connectivity index (χ1) is 68.1. The number of carbonyl (C=O) groups is 5. The maximum Gasteiger partial charge on any atom is 0.251 e. The van der Waals surface area contributed by atoms with E-state index in [-0.39, 0.29) is 134 Å². The van der Waals surface area contributed by atoms with E-state index in [9.17, 15) is 44.9 Å². The Bertz CT molecular complexity index is 6020. The summed E-state index contributed by atoms with van der Waals surface area (Å²) in [5, 5.41) is 52.0. The highest BCUT2D eigenvalue weighted by Gasteiger charge is 2.44. The van der Waals surface area contributed by atoms with E-state index in [1.807, 2.05) is 43.3 Å². The Morgan fingerprint density at radius 2 is 0.829 bits per heavy atom. The monoisotopic (exact) mass is 1910 g/mol. The number of rotatable bonds is 24. The molecule has 0 unspecified atom stereocenters. The SMILES string of the molecule is C[C@H](O)C(=O)N1C[C@@H](F)[C@@H](Oc2ccc(-c3nccc(Nc4ccc(N5CCN(C6COC6)CC5)cc4)n3)cc2C#N)C[C@@H]1C.C[C@H]1C[C@H](Oc2ccc(-c3nccc(Nc4ccc(N5CCN(C6COC6)CC5)cc4)n3)cc2C#N)[C@H](F)CN1C(=O)[C@@H]1CCC(=O)C1.N#Cc1cc(-c2nccc(Nc3ccc(N4CCN(C5COC5)CC4)cc3)n2)ccc1O[C@H]1CCN(C(=O)[C@@H]2CNC(=O)C2)C[C@H]1F. The summed E-state index contributed by atoms with van der Waals surface area (Å²) in [5.74, 6) is 2.14. The highest BCUT2D eigenvalue weighted by atomic mass is 19.1. The maximum atomic E-state index is 15.4. The number of piperazine rings is 3. The fourth-order valence-corrected chi connectivity index (χ4v) is 19.6. The van der Waals surface area contributed by atoms with E-state index < -0.39 is 54.8 Å². The van der Waals surface area contributed by atoms with Gasteiger partial charge in [-0.2, -0.15) is 15.8 Å². The van der Waals surface area contributed by atoms with Gasteiger partial charge in [0.2, 0.25) is 17.7 Å². The molecule has 11 aliphatic rings. The molecule has 0 bridgehead atoms. The van der Waals surface area contributed by atoms with Gasteiger partial charge in [-0.25, -0.2) is 43.1 Å². The molecule has 1 saturated carbocycles. The molecule has 4 amide bonds. The van der Waals surface area contributed by atoms with E-state index >= 15 is 13.2 Å². The summed E-state index contributed by atoms with van der Waals surface area (Å²) in [7, 11) is 0. The molecule has 5 N–H and O–H groups in total. The predicted octanol–water partition coefficient (Wildman–Crippen LogP) is 10.5. The molecule has 13 heterocycles. The van der Waals surface area contributed by atoms with Gasteiger partial charge < -0.3 is 84.2 Å². The van der Waals surface area contributed by atoms with Gasteiger partial charge in [-0.1, -0.05) is 0 Å². The molecule has 0 radical (unpaired) electrons. The number of carbonyl (C=O) groups excluding carboxylic acids is 5. The first kappa shape index (κ1) is 96.6. The average molecular weight is 1910 g/mol. The number of piperidine rings is 3. The number of hydrogen-bond acceptors (Lipinski definition) is 30. The largest absolute Gasteiger partial charge is 0.486 e. The fraction of sp³-hybridized carbons (Fsp3) is 0.456. The van der Waals surface area contributed by atoms with Crippen LogP contribution in [-0.2, 0) is 38.2 Å². The van der Waals surface area contributed by atoms with Crippen LogP contribution < -0.4 is 50.2 Å². The molecule has 10 aliphatic heterocycles. The Morgan fingerprint density at radius 3 is 1.16 bits per heavy atom.